The molecule has 0 saturated carbocycles. The Bertz CT molecular complexity index is 532. The molecular formula is C11H14N4O4. The number of aromatic nitrogens is 3. The molecule has 0 amide bonds. The zero-order valence-corrected chi connectivity index (χ0v) is 10.5. The van der Waals surface area contributed by atoms with Gasteiger partial charge in [-0.3, -0.25) is 0 Å². The highest BCUT2D eigenvalue weighted by molar-refractivity contribution is 5.45. The van der Waals surface area contributed by atoms with Gasteiger partial charge in [0.05, 0.1) is 19.3 Å². The Balaban J connectivity index is 1.75. The molecule has 1 unspecified atom stereocenters. The first-order valence-electron chi connectivity index (χ1n) is 5.96. The molecule has 1 fully saturated rings. The SMILES string of the molecule is COCc1cc(-c2nc(C3COCCN3)no2)no1. The van der Waals surface area contributed by atoms with Crippen molar-refractivity contribution in [2.24, 2.45) is 0 Å². The van der Waals surface area contributed by atoms with Gasteiger partial charge in [-0.25, -0.2) is 0 Å². The molecule has 2 aromatic heterocycles. The Morgan fingerprint density at radius 1 is 1.42 bits per heavy atom. The van der Waals surface area contributed by atoms with Gasteiger partial charge in [0, 0.05) is 19.7 Å². The molecule has 19 heavy (non-hydrogen) atoms. The second-order valence-electron chi connectivity index (χ2n) is 4.15. The number of hydrogen-bond acceptors (Lipinski definition) is 8. The van der Waals surface area contributed by atoms with Crippen molar-refractivity contribution in [1.82, 2.24) is 20.6 Å². The van der Waals surface area contributed by atoms with E-state index >= 15 is 0 Å². The highest BCUT2D eigenvalue weighted by Gasteiger charge is 2.22. The van der Waals surface area contributed by atoms with Gasteiger partial charge >= 0.3 is 0 Å². The topological polar surface area (TPSA) is 95.4 Å². The van der Waals surface area contributed by atoms with Gasteiger partial charge in [0.1, 0.15) is 6.61 Å². The number of morpholine rings is 1. The molecule has 1 atom stereocenters. The third-order valence-corrected chi connectivity index (χ3v) is 2.74. The molecule has 0 bridgehead atoms. The van der Waals surface area contributed by atoms with Crippen molar-refractivity contribution in [1.29, 1.82) is 0 Å². The number of nitrogens with one attached hydrogen (secondary N) is 1. The molecule has 0 spiro atoms. The zero-order chi connectivity index (χ0) is 13.1. The first kappa shape index (κ1) is 12.3. The van der Waals surface area contributed by atoms with E-state index in [-0.39, 0.29) is 6.04 Å². The molecule has 8 nitrogen and oxygen atoms in total. The third kappa shape index (κ3) is 2.65. The van der Waals surface area contributed by atoms with Crippen LogP contribution in [-0.2, 0) is 16.1 Å². The number of nitrogens with zero attached hydrogens (tertiary/aromatic N) is 3. The normalized spacial score (nSPS) is 19.7. The van der Waals surface area contributed by atoms with Crippen molar-refractivity contribution in [3.63, 3.8) is 0 Å². The van der Waals surface area contributed by atoms with Crippen molar-refractivity contribution in [2.75, 3.05) is 26.9 Å². The first-order valence-corrected chi connectivity index (χ1v) is 5.96. The largest absolute Gasteiger partial charge is 0.378 e. The van der Waals surface area contributed by atoms with Crippen LogP contribution < -0.4 is 5.32 Å². The number of hydrogen-bond donors (Lipinski definition) is 1. The van der Waals surface area contributed by atoms with Crippen LogP contribution in [-0.4, -0.2) is 42.2 Å². The van der Waals surface area contributed by atoms with E-state index in [1.807, 2.05) is 0 Å². The maximum atomic E-state index is 5.35. The predicted octanol–water partition coefficient (Wildman–Crippen LogP) is 0.532. The van der Waals surface area contributed by atoms with E-state index in [4.69, 9.17) is 18.5 Å². The smallest absolute Gasteiger partial charge is 0.280 e. The van der Waals surface area contributed by atoms with Crippen LogP contribution in [0.2, 0.25) is 0 Å². The molecule has 0 radical (unpaired) electrons. The lowest BCUT2D eigenvalue weighted by atomic mass is 10.2. The van der Waals surface area contributed by atoms with E-state index in [0.717, 1.165) is 6.54 Å². The van der Waals surface area contributed by atoms with Gasteiger partial charge in [-0.05, 0) is 0 Å². The molecule has 8 heteroatoms. The van der Waals surface area contributed by atoms with Gasteiger partial charge < -0.3 is 23.8 Å². The van der Waals surface area contributed by atoms with Gasteiger partial charge in [-0.2, -0.15) is 4.98 Å². The summed E-state index contributed by atoms with van der Waals surface area (Å²) in [5.41, 5.74) is 0.502. The van der Waals surface area contributed by atoms with Gasteiger partial charge in [0.25, 0.3) is 5.89 Å². The third-order valence-electron chi connectivity index (χ3n) is 2.74. The van der Waals surface area contributed by atoms with E-state index in [1.54, 1.807) is 13.2 Å². The molecule has 102 valence electrons. The predicted molar refractivity (Wildman–Crippen MR) is 62.1 cm³/mol. The Morgan fingerprint density at radius 3 is 3.16 bits per heavy atom. The van der Waals surface area contributed by atoms with Crippen molar-refractivity contribution < 1.29 is 18.5 Å². The van der Waals surface area contributed by atoms with Crippen LogP contribution in [0.4, 0.5) is 0 Å². The fourth-order valence-corrected chi connectivity index (χ4v) is 1.84. The van der Waals surface area contributed by atoms with E-state index in [0.29, 0.717) is 43.0 Å². The standard InChI is InChI=1S/C11H14N4O4/c1-16-5-7-4-8(14-18-7)11-13-10(15-19-11)9-6-17-3-2-12-9/h4,9,12H,2-3,5-6H2,1H3. The fraction of sp³-hybridized carbons (Fsp3) is 0.545. The van der Waals surface area contributed by atoms with Gasteiger partial charge in [-0.15, -0.1) is 0 Å². The summed E-state index contributed by atoms with van der Waals surface area (Å²) in [6, 6.07) is 1.67. The first-order chi connectivity index (χ1) is 9.36. The highest BCUT2D eigenvalue weighted by Crippen LogP contribution is 2.20. The van der Waals surface area contributed by atoms with Crippen LogP contribution in [0.3, 0.4) is 0 Å². The molecule has 3 rings (SSSR count). The summed E-state index contributed by atoms with van der Waals surface area (Å²) in [7, 11) is 1.59. The number of ether oxygens (including phenoxy) is 2. The van der Waals surface area contributed by atoms with Crippen LogP contribution in [0.1, 0.15) is 17.6 Å². The van der Waals surface area contributed by atoms with Crippen molar-refractivity contribution >= 4 is 0 Å². The Morgan fingerprint density at radius 2 is 2.37 bits per heavy atom. The summed E-state index contributed by atoms with van der Waals surface area (Å²) in [4.78, 5) is 4.29. The minimum Gasteiger partial charge on any atom is -0.378 e. The lowest BCUT2D eigenvalue weighted by Gasteiger charge is -2.20. The maximum Gasteiger partial charge on any atom is 0.280 e. The number of rotatable bonds is 4. The summed E-state index contributed by atoms with van der Waals surface area (Å²) >= 11 is 0. The average Bonchev–Trinajstić information content (AvgIpc) is 3.08. The summed E-state index contributed by atoms with van der Waals surface area (Å²) < 4.78 is 20.5. The van der Waals surface area contributed by atoms with Crippen LogP contribution in [0.5, 0.6) is 0 Å². The van der Waals surface area contributed by atoms with Crippen LogP contribution in [0.15, 0.2) is 15.1 Å². The fourth-order valence-electron chi connectivity index (χ4n) is 1.84. The Hall–Kier alpha value is -1.77. The van der Waals surface area contributed by atoms with Gasteiger partial charge in [-0.1, -0.05) is 10.3 Å². The van der Waals surface area contributed by atoms with Crippen molar-refractivity contribution in [3.05, 3.63) is 17.7 Å². The van der Waals surface area contributed by atoms with Crippen LogP contribution >= 0.6 is 0 Å². The molecule has 0 aromatic carbocycles. The molecule has 0 aliphatic carbocycles. The molecule has 1 aliphatic heterocycles. The molecule has 3 heterocycles. The monoisotopic (exact) mass is 266 g/mol. The Labute approximate surface area is 109 Å². The van der Waals surface area contributed by atoms with Crippen LogP contribution in [0, 0.1) is 0 Å². The van der Waals surface area contributed by atoms with Crippen molar-refractivity contribution in [2.45, 2.75) is 12.6 Å². The summed E-state index contributed by atoms with van der Waals surface area (Å²) in [6.07, 6.45) is 0. The average molecular weight is 266 g/mol. The molecule has 1 saturated heterocycles. The minimum absolute atomic E-state index is 0.0448. The lowest BCUT2D eigenvalue weighted by molar-refractivity contribution is 0.0734. The summed E-state index contributed by atoms with van der Waals surface area (Å²) in [5.74, 6) is 1.50. The zero-order valence-electron chi connectivity index (χ0n) is 10.5. The van der Waals surface area contributed by atoms with Crippen molar-refractivity contribution in [3.8, 4) is 11.6 Å². The van der Waals surface area contributed by atoms with E-state index in [1.165, 1.54) is 0 Å². The molecule has 2 aromatic rings. The molecule has 1 aliphatic rings. The second-order valence-corrected chi connectivity index (χ2v) is 4.15. The summed E-state index contributed by atoms with van der Waals surface area (Å²) in [5, 5.41) is 11.0. The maximum absolute atomic E-state index is 5.35. The second kappa shape index (κ2) is 5.47. The van der Waals surface area contributed by atoms with Gasteiger partial charge in [0.15, 0.2) is 17.3 Å². The lowest BCUT2D eigenvalue weighted by Crippen LogP contribution is -2.35. The summed E-state index contributed by atoms with van der Waals surface area (Å²) in [6.45, 7) is 2.36. The Kier molecular flexibility index (Phi) is 3.53. The number of methoxy groups -OCH3 is 1. The minimum atomic E-state index is -0.0448. The quantitative estimate of drug-likeness (QED) is 0.856. The van der Waals surface area contributed by atoms with Crippen LogP contribution in [0.25, 0.3) is 11.6 Å². The highest BCUT2D eigenvalue weighted by atomic mass is 16.5. The molecular weight excluding hydrogens is 252 g/mol. The molecule has 1 N–H and O–H groups in total. The van der Waals surface area contributed by atoms with E-state index in [2.05, 4.69) is 20.6 Å². The van der Waals surface area contributed by atoms with E-state index in [9.17, 15) is 0 Å². The van der Waals surface area contributed by atoms with E-state index < -0.39 is 0 Å². The van der Waals surface area contributed by atoms with Gasteiger partial charge in [0.2, 0.25) is 0 Å².